The maximum atomic E-state index is 13.2. The first-order valence-corrected chi connectivity index (χ1v) is 10.5. The number of para-hydroxylation sites is 2. The second-order valence-electron chi connectivity index (χ2n) is 7.85. The first-order chi connectivity index (χ1) is 14.6. The third-order valence-corrected chi connectivity index (χ3v) is 5.78. The van der Waals surface area contributed by atoms with Gasteiger partial charge in [0.25, 0.3) is 0 Å². The number of hydrogen-bond acceptors (Lipinski definition) is 5. The lowest BCUT2D eigenvalue weighted by molar-refractivity contribution is -0.913. The van der Waals surface area contributed by atoms with E-state index in [-0.39, 0.29) is 16.9 Å². The SMILES string of the molecule is COc1ccccc1Oc1c(C)oc2c(C[NH+]3CCCCCC3)c(O)ccc2c1=O. The van der Waals surface area contributed by atoms with Crippen molar-refractivity contribution in [2.75, 3.05) is 20.2 Å². The molecule has 0 saturated carbocycles. The van der Waals surface area contributed by atoms with Crippen molar-refractivity contribution in [2.24, 2.45) is 0 Å². The van der Waals surface area contributed by atoms with Crippen LogP contribution in [0.2, 0.25) is 0 Å². The molecule has 0 aliphatic carbocycles. The van der Waals surface area contributed by atoms with Gasteiger partial charge in [-0.1, -0.05) is 12.1 Å². The molecule has 2 N–H and O–H groups in total. The summed E-state index contributed by atoms with van der Waals surface area (Å²) < 4.78 is 17.3. The van der Waals surface area contributed by atoms with Gasteiger partial charge < -0.3 is 23.9 Å². The highest BCUT2D eigenvalue weighted by molar-refractivity contribution is 5.83. The van der Waals surface area contributed by atoms with Gasteiger partial charge >= 0.3 is 0 Å². The predicted octanol–water partition coefficient (Wildman–Crippen LogP) is 3.57. The Kier molecular flexibility index (Phi) is 5.95. The molecule has 6 nitrogen and oxygen atoms in total. The Hall–Kier alpha value is -2.99. The Labute approximate surface area is 175 Å². The van der Waals surface area contributed by atoms with Crippen molar-refractivity contribution < 1.29 is 23.9 Å². The molecule has 0 radical (unpaired) electrons. The van der Waals surface area contributed by atoms with Crippen molar-refractivity contribution in [3.05, 3.63) is 57.9 Å². The van der Waals surface area contributed by atoms with Crippen LogP contribution in [0.4, 0.5) is 0 Å². The van der Waals surface area contributed by atoms with E-state index in [9.17, 15) is 9.90 Å². The minimum atomic E-state index is -0.258. The van der Waals surface area contributed by atoms with Crippen molar-refractivity contribution >= 4 is 11.0 Å². The lowest BCUT2D eigenvalue weighted by atomic mass is 10.1. The third-order valence-electron chi connectivity index (χ3n) is 5.78. The second kappa shape index (κ2) is 8.79. The van der Waals surface area contributed by atoms with Gasteiger partial charge in [-0.05, 0) is 56.9 Å². The molecule has 0 bridgehead atoms. The first-order valence-electron chi connectivity index (χ1n) is 10.5. The predicted molar refractivity (Wildman–Crippen MR) is 115 cm³/mol. The van der Waals surface area contributed by atoms with Crippen LogP contribution in [0.15, 0.2) is 45.6 Å². The van der Waals surface area contributed by atoms with Crippen LogP contribution in [-0.4, -0.2) is 25.3 Å². The Morgan fingerprint density at radius 2 is 1.73 bits per heavy atom. The van der Waals surface area contributed by atoms with E-state index in [1.54, 1.807) is 38.3 Å². The van der Waals surface area contributed by atoms with E-state index in [0.717, 1.165) is 13.1 Å². The molecule has 1 aliphatic heterocycles. The smallest absolute Gasteiger partial charge is 0.235 e. The van der Waals surface area contributed by atoms with E-state index in [4.69, 9.17) is 13.9 Å². The Morgan fingerprint density at radius 1 is 1.03 bits per heavy atom. The molecule has 30 heavy (non-hydrogen) atoms. The maximum Gasteiger partial charge on any atom is 0.235 e. The molecule has 2 heterocycles. The van der Waals surface area contributed by atoms with Crippen LogP contribution in [0.5, 0.6) is 23.0 Å². The van der Waals surface area contributed by atoms with Gasteiger partial charge in [-0.15, -0.1) is 0 Å². The lowest BCUT2D eigenvalue weighted by Gasteiger charge is -2.19. The summed E-state index contributed by atoms with van der Waals surface area (Å²) in [6.07, 6.45) is 4.87. The zero-order valence-electron chi connectivity index (χ0n) is 17.5. The highest BCUT2D eigenvalue weighted by Crippen LogP contribution is 2.34. The van der Waals surface area contributed by atoms with Crippen molar-refractivity contribution in [3.63, 3.8) is 0 Å². The first kappa shape index (κ1) is 20.3. The minimum Gasteiger partial charge on any atom is -0.507 e. The number of phenolic OH excluding ortho intramolecular Hbond substituents is 1. The average Bonchev–Trinajstić information content (AvgIpc) is 3.02. The minimum absolute atomic E-state index is 0.130. The molecule has 2 aromatic carbocycles. The molecule has 1 saturated heterocycles. The van der Waals surface area contributed by atoms with E-state index >= 15 is 0 Å². The van der Waals surface area contributed by atoms with Crippen molar-refractivity contribution in [3.8, 4) is 23.0 Å². The summed E-state index contributed by atoms with van der Waals surface area (Å²) in [7, 11) is 1.55. The number of hydrogen-bond donors (Lipinski definition) is 2. The van der Waals surface area contributed by atoms with E-state index in [1.807, 2.05) is 12.1 Å². The average molecular weight is 410 g/mol. The summed E-state index contributed by atoms with van der Waals surface area (Å²) in [5.74, 6) is 1.65. The molecule has 4 rings (SSSR count). The van der Waals surface area contributed by atoms with E-state index in [0.29, 0.717) is 40.3 Å². The summed E-state index contributed by atoms with van der Waals surface area (Å²) in [5, 5.41) is 11.0. The molecule has 0 amide bonds. The lowest BCUT2D eigenvalue weighted by Crippen LogP contribution is -3.10. The molecule has 0 unspecified atom stereocenters. The number of methoxy groups -OCH3 is 1. The third kappa shape index (κ3) is 4.00. The monoisotopic (exact) mass is 410 g/mol. The normalized spacial score (nSPS) is 15.1. The van der Waals surface area contributed by atoms with Gasteiger partial charge in [0.05, 0.1) is 31.1 Å². The largest absolute Gasteiger partial charge is 0.507 e. The summed E-state index contributed by atoms with van der Waals surface area (Å²) >= 11 is 0. The van der Waals surface area contributed by atoms with E-state index in [2.05, 4.69) is 0 Å². The fourth-order valence-corrected chi connectivity index (χ4v) is 4.15. The van der Waals surface area contributed by atoms with Crippen LogP contribution in [0.1, 0.15) is 37.0 Å². The molecule has 0 spiro atoms. The highest BCUT2D eigenvalue weighted by Gasteiger charge is 2.22. The zero-order valence-corrected chi connectivity index (χ0v) is 17.5. The highest BCUT2D eigenvalue weighted by atomic mass is 16.5. The van der Waals surface area contributed by atoms with Crippen molar-refractivity contribution in [1.82, 2.24) is 0 Å². The van der Waals surface area contributed by atoms with Crippen LogP contribution >= 0.6 is 0 Å². The summed E-state index contributed by atoms with van der Waals surface area (Å²) in [5.41, 5.74) is 0.877. The number of benzene rings is 2. The second-order valence-corrected chi connectivity index (χ2v) is 7.85. The fourth-order valence-electron chi connectivity index (χ4n) is 4.15. The Bertz CT molecular complexity index is 1100. The Morgan fingerprint density at radius 3 is 2.43 bits per heavy atom. The molecule has 0 atom stereocenters. The molecule has 6 heteroatoms. The number of likely N-dealkylation sites (tertiary alicyclic amines) is 1. The number of rotatable bonds is 5. The van der Waals surface area contributed by atoms with Crippen LogP contribution < -0.4 is 19.8 Å². The summed E-state index contributed by atoms with van der Waals surface area (Å²) in [6, 6.07) is 10.3. The van der Waals surface area contributed by atoms with E-state index < -0.39 is 0 Å². The van der Waals surface area contributed by atoms with Gasteiger partial charge in [0.15, 0.2) is 17.1 Å². The maximum absolute atomic E-state index is 13.2. The fraction of sp³-hybridized carbons (Fsp3) is 0.375. The standard InChI is InChI=1S/C24H27NO5/c1-16-23(30-21-10-6-5-9-20(21)28-2)22(27)17-11-12-19(26)18(24(17)29-16)15-25-13-7-3-4-8-14-25/h5-6,9-12,26H,3-4,7-8,13-15H2,1-2H3/p+1. The number of fused-ring (bicyclic) bond motifs is 1. The van der Waals surface area contributed by atoms with Gasteiger partial charge in [0, 0.05) is 0 Å². The van der Waals surface area contributed by atoms with Crippen LogP contribution in [0, 0.1) is 6.92 Å². The van der Waals surface area contributed by atoms with Crippen molar-refractivity contribution in [2.45, 2.75) is 39.2 Å². The zero-order chi connectivity index (χ0) is 21.1. The molecule has 1 fully saturated rings. The number of aromatic hydroxyl groups is 1. The topological polar surface area (TPSA) is 73.3 Å². The quantitative estimate of drug-likeness (QED) is 0.673. The van der Waals surface area contributed by atoms with Gasteiger partial charge in [0.1, 0.15) is 18.1 Å². The number of nitrogens with one attached hydrogen (secondary N) is 1. The Balaban J connectivity index is 1.75. The number of aryl methyl sites for hydroxylation is 1. The number of ether oxygens (including phenoxy) is 2. The number of quaternary nitrogens is 1. The number of phenols is 1. The molecule has 1 aromatic heterocycles. The summed E-state index contributed by atoms with van der Waals surface area (Å²) in [4.78, 5) is 14.7. The molecular formula is C24H28NO5+. The van der Waals surface area contributed by atoms with Crippen molar-refractivity contribution in [1.29, 1.82) is 0 Å². The molecule has 3 aromatic rings. The van der Waals surface area contributed by atoms with Crippen LogP contribution in [0.25, 0.3) is 11.0 Å². The van der Waals surface area contributed by atoms with E-state index in [1.165, 1.54) is 30.6 Å². The summed E-state index contributed by atoms with van der Waals surface area (Å²) in [6.45, 7) is 4.47. The van der Waals surface area contributed by atoms with Crippen LogP contribution in [-0.2, 0) is 6.54 Å². The van der Waals surface area contributed by atoms with Gasteiger partial charge in [-0.25, -0.2) is 0 Å². The molecular weight excluding hydrogens is 382 g/mol. The van der Waals surface area contributed by atoms with Crippen LogP contribution in [0.3, 0.4) is 0 Å². The molecule has 1 aliphatic rings. The van der Waals surface area contributed by atoms with Gasteiger partial charge in [-0.2, -0.15) is 0 Å². The van der Waals surface area contributed by atoms with Gasteiger partial charge in [-0.3, -0.25) is 4.79 Å². The van der Waals surface area contributed by atoms with Gasteiger partial charge in [0.2, 0.25) is 11.2 Å². The molecule has 158 valence electrons.